The molecular formula is C40H64N4O9. The van der Waals surface area contributed by atoms with Gasteiger partial charge >= 0.3 is 24.0 Å². The molecule has 1 aliphatic heterocycles. The summed E-state index contributed by atoms with van der Waals surface area (Å²) in [6.07, 6.45) is 4.82. The molecule has 1 unspecified atom stereocenters. The van der Waals surface area contributed by atoms with Crippen molar-refractivity contribution in [2.75, 3.05) is 65.5 Å². The number of rotatable bonds is 12. The summed E-state index contributed by atoms with van der Waals surface area (Å²) in [6, 6.07) is 6.96. The summed E-state index contributed by atoms with van der Waals surface area (Å²) in [7, 11) is 0. The van der Waals surface area contributed by atoms with E-state index in [0.717, 1.165) is 5.56 Å². The van der Waals surface area contributed by atoms with Crippen LogP contribution < -0.4 is 4.74 Å². The van der Waals surface area contributed by atoms with Crippen LogP contribution in [0.2, 0.25) is 0 Å². The Morgan fingerprint density at radius 1 is 0.717 bits per heavy atom. The summed E-state index contributed by atoms with van der Waals surface area (Å²) in [5.74, 6) is 1.83. The molecule has 13 nitrogen and oxygen atoms in total. The van der Waals surface area contributed by atoms with Gasteiger partial charge in [-0.2, -0.15) is 0 Å². The number of benzene rings is 1. The van der Waals surface area contributed by atoms with Gasteiger partial charge in [-0.05, 0) is 101 Å². The van der Waals surface area contributed by atoms with Crippen molar-refractivity contribution in [1.82, 2.24) is 19.6 Å². The molecule has 0 saturated carbocycles. The number of esters is 3. The zero-order chi connectivity index (χ0) is 40.2. The number of terminal acetylenes is 1. The first-order valence-corrected chi connectivity index (χ1v) is 18.3. The molecule has 13 heteroatoms. The monoisotopic (exact) mass is 744 g/mol. The second kappa shape index (κ2) is 19.5. The molecule has 298 valence electrons. The van der Waals surface area contributed by atoms with Gasteiger partial charge in [-0.15, -0.1) is 6.42 Å². The molecule has 0 N–H and O–H groups in total. The van der Waals surface area contributed by atoms with Crippen molar-refractivity contribution >= 4 is 24.0 Å². The third-order valence-electron chi connectivity index (χ3n) is 7.41. The molecule has 1 aromatic carbocycles. The van der Waals surface area contributed by atoms with E-state index in [9.17, 15) is 19.2 Å². The van der Waals surface area contributed by atoms with Gasteiger partial charge in [0.25, 0.3) is 0 Å². The van der Waals surface area contributed by atoms with Crippen LogP contribution in [0.1, 0.15) is 88.6 Å². The van der Waals surface area contributed by atoms with Crippen molar-refractivity contribution in [1.29, 1.82) is 0 Å². The van der Waals surface area contributed by atoms with Crippen LogP contribution in [0.3, 0.4) is 0 Å². The van der Waals surface area contributed by atoms with Crippen LogP contribution in [0, 0.1) is 12.3 Å². The highest BCUT2D eigenvalue weighted by Gasteiger charge is 2.34. The lowest BCUT2D eigenvalue weighted by Gasteiger charge is -2.38. The molecule has 1 saturated heterocycles. The first-order chi connectivity index (χ1) is 24.3. The number of nitrogens with zero attached hydrogens (tertiary/aromatic N) is 4. The smallest absolute Gasteiger partial charge is 0.410 e. The topological polar surface area (TPSA) is 127 Å². The number of carbonyl (C=O) groups excluding carboxylic acids is 4. The van der Waals surface area contributed by atoms with E-state index in [-0.39, 0.29) is 45.9 Å². The van der Waals surface area contributed by atoms with E-state index in [1.54, 1.807) is 46.4 Å². The molecule has 1 heterocycles. The Balaban J connectivity index is 2.58. The maximum Gasteiger partial charge on any atom is 0.410 e. The van der Waals surface area contributed by atoms with E-state index in [0.29, 0.717) is 31.9 Å². The van der Waals surface area contributed by atoms with Gasteiger partial charge < -0.3 is 28.6 Å². The second-order valence-electron chi connectivity index (χ2n) is 17.4. The summed E-state index contributed by atoms with van der Waals surface area (Å²) in [5.41, 5.74) is -1.96. The zero-order valence-corrected chi connectivity index (χ0v) is 34.2. The summed E-state index contributed by atoms with van der Waals surface area (Å²) in [4.78, 5) is 60.9. The predicted molar refractivity (Wildman–Crippen MR) is 203 cm³/mol. The molecule has 1 atom stereocenters. The molecule has 0 radical (unpaired) electrons. The van der Waals surface area contributed by atoms with Gasteiger partial charge in [-0.3, -0.25) is 29.1 Å². The minimum atomic E-state index is -0.768. The molecule has 1 fully saturated rings. The van der Waals surface area contributed by atoms with E-state index in [4.69, 9.17) is 30.1 Å². The Morgan fingerprint density at radius 2 is 1.23 bits per heavy atom. The number of amides is 1. The maximum atomic E-state index is 13.8. The third kappa shape index (κ3) is 19.7. The molecule has 1 aromatic rings. The summed E-state index contributed by atoms with van der Waals surface area (Å²) in [5, 5.41) is 0. The van der Waals surface area contributed by atoms with Gasteiger partial charge in [0, 0.05) is 51.9 Å². The molecule has 0 aliphatic carbocycles. The van der Waals surface area contributed by atoms with Gasteiger partial charge in [0.15, 0.2) is 0 Å². The minimum absolute atomic E-state index is 0.00378. The first-order valence-electron chi connectivity index (χ1n) is 18.3. The predicted octanol–water partition coefficient (Wildman–Crippen LogP) is 4.75. The van der Waals surface area contributed by atoms with Gasteiger partial charge in [0.2, 0.25) is 0 Å². The van der Waals surface area contributed by atoms with Crippen molar-refractivity contribution < 1.29 is 42.9 Å². The highest BCUT2D eigenvalue weighted by atomic mass is 16.6. The number of ether oxygens (including phenoxy) is 5. The van der Waals surface area contributed by atoms with Crippen molar-refractivity contribution in [3.63, 3.8) is 0 Å². The quantitative estimate of drug-likeness (QED) is 0.167. The fourth-order valence-corrected chi connectivity index (χ4v) is 5.53. The maximum absolute atomic E-state index is 13.8. The van der Waals surface area contributed by atoms with Crippen molar-refractivity contribution in [2.24, 2.45) is 0 Å². The van der Waals surface area contributed by atoms with E-state index >= 15 is 0 Å². The van der Waals surface area contributed by atoms with Crippen LogP contribution in [0.5, 0.6) is 5.75 Å². The Morgan fingerprint density at radius 3 is 1.75 bits per heavy atom. The van der Waals surface area contributed by atoms with Crippen LogP contribution in [0.15, 0.2) is 24.3 Å². The van der Waals surface area contributed by atoms with Gasteiger partial charge in [0.1, 0.15) is 34.8 Å². The van der Waals surface area contributed by atoms with Crippen molar-refractivity contribution in [3.8, 4) is 18.1 Å². The zero-order valence-electron chi connectivity index (χ0n) is 34.2. The standard InChI is InChI=1S/C40H64N4O9/c1-14-23-49-32-17-15-30(16-18-32)24-42(28-34(46)51-38(5,6)7)25-31-26-44(36(48)53-40(11,12)13)22-20-41(27-33(45)50-37(2,3)4)19-21-43(31)29-35(47)52-39(8,9)10/h1,15-18,31H,19-29H2,2-13H3. The van der Waals surface area contributed by atoms with E-state index in [1.807, 2.05) is 80.5 Å². The highest BCUT2D eigenvalue weighted by molar-refractivity contribution is 5.73. The lowest BCUT2D eigenvalue weighted by Crippen LogP contribution is -2.54. The van der Waals surface area contributed by atoms with Crippen molar-refractivity contribution in [2.45, 2.75) is 118 Å². The number of hydrogen-bond acceptors (Lipinski definition) is 12. The molecule has 0 spiro atoms. The molecule has 0 bridgehead atoms. The summed E-state index contributed by atoms with van der Waals surface area (Å²) >= 11 is 0. The van der Waals surface area contributed by atoms with Gasteiger partial charge in [-0.1, -0.05) is 18.1 Å². The van der Waals surface area contributed by atoms with E-state index in [2.05, 4.69) is 5.92 Å². The number of hydrogen-bond donors (Lipinski definition) is 0. The fourth-order valence-electron chi connectivity index (χ4n) is 5.53. The lowest BCUT2D eigenvalue weighted by atomic mass is 10.1. The third-order valence-corrected chi connectivity index (χ3v) is 7.41. The molecule has 2 rings (SSSR count). The molecule has 1 aliphatic rings. The molecular weight excluding hydrogens is 680 g/mol. The Kier molecular flexibility index (Phi) is 16.6. The molecule has 53 heavy (non-hydrogen) atoms. The Labute approximate surface area is 317 Å². The highest BCUT2D eigenvalue weighted by Crippen LogP contribution is 2.19. The SMILES string of the molecule is C#CCOc1ccc(CN(CC(=O)OC(C)(C)C)CC2CN(C(=O)OC(C)(C)C)CCN(CC(=O)OC(C)(C)C)CCN2CC(=O)OC(C)(C)C)cc1. The first kappa shape index (κ1) is 45.3. The average molecular weight is 745 g/mol. The molecule has 1 amide bonds. The second-order valence-corrected chi connectivity index (χ2v) is 17.4. The largest absolute Gasteiger partial charge is 0.481 e. The fraction of sp³-hybridized carbons (Fsp3) is 0.700. The number of carbonyl (C=O) groups is 4. The van der Waals surface area contributed by atoms with Crippen LogP contribution >= 0.6 is 0 Å². The van der Waals surface area contributed by atoms with Crippen LogP contribution in [0.25, 0.3) is 0 Å². The van der Waals surface area contributed by atoms with Gasteiger partial charge in [0.05, 0.1) is 19.6 Å². The van der Waals surface area contributed by atoms with Crippen LogP contribution in [-0.2, 0) is 39.9 Å². The molecule has 0 aromatic heterocycles. The Bertz CT molecular complexity index is 1400. The Hall–Kier alpha value is -3.86. The van der Waals surface area contributed by atoms with E-state index in [1.165, 1.54) is 0 Å². The lowest BCUT2D eigenvalue weighted by molar-refractivity contribution is -0.159. The average Bonchev–Trinajstić information content (AvgIpc) is 3.03. The van der Waals surface area contributed by atoms with Crippen LogP contribution in [0.4, 0.5) is 4.79 Å². The summed E-state index contributed by atoms with van der Waals surface area (Å²) in [6.45, 7) is 23.8. The summed E-state index contributed by atoms with van der Waals surface area (Å²) < 4.78 is 28.5. The van der Waals surface area contributed by atoms with Crippen molar-refractivity contribution in [3.05, 3.63) is 29.8 Å². The van der Waals surface area contributed by atoms with E-state index < -0.39 is 52.4 Å². The van der Waals surface area contributed by atoms with Gasteiger partial charge in [-0.25, -0.2) is 4.79 Å². The normalized spacial score (nSPS) is 16.8. The van der Waals surface area contributed by atoms with Crippen LogP contribution in [-0.4, -0.2) is 138 Å². The minimum Gasteiger partial charge on any atom is -0.481 e.